The molecule has 0 aromatic carbocycles. The minimum absolute atomic E-state index is 0.0335. The molecular weight excluding hydrogens is 178 g/mol. The fraction of sp³-hybridized carbons (Fsp3) is 0.800. The van der Waals surface area contributed by atoms with Crippen LogP contribution in [0, 0.1) is 0 Å². The van der Waals surface area contributed by atoms with Crippen molar-refractivity contribution in [2.45, 2.75) is 50.0 Å². The maximum Gasteiger partial charge on any atom is 0.228 e. The number of hydrogen-bond donors (Lipinski definition) is 1. The third-order valence-corrected chi connectivity index (χ3v) is 3.40. The van der Waals surface area contributed by atoms with Crippen LogP contribution < -0.4 is 5.73 Å². The van der Waals surface area contributed by atoms with Gasteiger partial charge in [-0.3, -0.25) is 0 Å². The van der Waals surface area contributed by atoms with E-state index in [0.29, 0.717) is 5.89 Å². The zero-order valence-corrected chi connectivity index (χ0v) is 8.42. The van der Waals surface area contributed by atoms with Gasteiger partial charge in [-0.25, -0.2) is 0 Å². The smallest absolute Gasteiger partial charge is 0.228 e. The molecule has 2 aliphatic carbocycles. The Morgan fingerprint density at radius 1 is 1.36 bits per heavy atom. The van der Waals surface area contributed by atoms with Gasteiger partial charge in [0.15, 0.2) is 5.82 Å². The van der Waals surface area contributed by atoms with Gasteiger partial charge in [-0.1, -0.05) is 12.1 Å². The van der Waals surface area contributed by atoms with Gasteiger partial charge in [0.2, 0.25) is 5.89 Å². The first kappa shape index (κ1) is 8.41. The Labute approximate surface area is 82.9 Å². The van der Waals surface area contributed by atoms with Crippen LogP contribution in [0.4, 0.5) is 0 Å². The molecule has 2 fully saturated rings. The molecule has 2 N–H and O–H groups in total. The second kappa shape index (κ2) is 2.37. The monoisotopic (exact) mass is 193 g/mol. The first-order valence-corrected chi connectivity index (χ1v) is 5.22. The molecule has 14 heavy (non-hydrogen) atoms. The van der Waals surface area contributed by atoms with Gasteiger partial charge < -0.3 is 10.3 Å². The molecule has 4 nitrogen and oxygen atoms in total. The van der Waals surface area contributed by atoms with E-state index in [0.717, 1.165) is 25.1 Å². The molecule has 0 saturated heterocycles. The molecule has 0 spiro atoms. The summed E-state index contributed by atoms with van der Waals surface area (Å²) in [6.45, 7) is 2.18. The lowest BCUT2D eigenvalue weighted by atomic mass is 10.1. The molecule has 0 amide bonds. The summed E-state index contributed by atoms with van der Waals surface area (Å²) in [6.07, 6.45) is 5.28. The summed E-state index contributed by atoms with van der Waals surface area (Å²) in [5, 5.41) is 4.02. The largest absolute Gasteiger partial charge is 0.339 e. The van der Waals surface area contributed by atoms with Crippen LogP contribution in [-0.2, 0) is 11.8 Å². The molecule has 76 valence electrons. The molecule has 1 aromatic heterocycles. The van der Waals surface area contributed by atoms with E-state index < -0.39 is 0 Å². The Morgan fingerprint density at radius 3 is 2.64 bits per heavy atom. The average Bonchev–Trinajstić information content (AvgIpc) is 2.97. The van der Waals surface area contributed by atoms with Crippen molar-refractivity contribution in [2.24, 2.45) is 5.73 Å². The van der Waals surface area contributed by atoms with Crippen LogP contribution in [0.15, 0.2) is 4.52 Å². The van der Waals surface area contributed by atoms with Crippen molar-refractivity contribution in [3.63, 3.8) is 0 Å². The predicted octanol–water partition coefficient (Wildman–Crippen LogP) is 1.15. The van der Waals surface area contributed by atoms with Crippen molar-refractivity contribution in [1.29, 1.82) is 0 Å². The summed E-state index contributed by atoms with van der Waals surface area (Å²) in [5.41, 5.74) is 6.15. The summed E-state index contributed by atoms with van der Waals surface area (Å²) in [4.78, 5) is 4.41. The number of aromatic nitrogens is 2. The van der Waals surface area contributed by atoms with Crippen molar-refractivity contribution >= 4 is 0 Å². The van der Waals surface area contributed by atoms with E-state index in [-0.39, 0.29) is 11.0 Å². The van der Waals surface area contributed by atoms with Gasteiger partial charge in [-0.05, 0) is 25.7 Å². The van der Waals surface area contributed by atoms with Crippen LogP contribution in [0.2, 0.25) is 0 Å². The molecule has 0 bridgehead atoms. The van der Waals surface area contributed by atoms with Crippen molar-refractivity contribution in [3.05, 3.63) is 11.7 Å². The topological polar surface area (TPSA) is 64.9 Å². The summed E-state index contributed by atoms with van der Waals surface area (Å²) in [6, 6.07) is 0. The maximum atomic E-state index is 5.98. The van der Waals surface area contributed by atoms with Crippen molar-refractivity contribution in [2.75, 3.05) is 0 Å². The van der Waals surface area contributed by atoms with Crippen molar-refractivity contribution in [3.8, 4) is 0 Å². The number of nitrogens with two attached hydrogens (primary N) is 1. The number of hydrogen-bond acceptors (Lipinski definition) is 4. The standard InChI is InChI=1S/C10H15N3O/c1-9(2-3-9)8-12-7(14-13-8)6-10(11)4-5-10/h2-6,11H2,1H3. The van der Waals surface area contributed by atoms with E-state index in [1.165, 1.54) is 12.8 Å². The van der Waals surface area contributed by atoms with Gasteiger partial charge in [0.25, 0.3) is 0 Å². The van der Waals surface area contributed by atoms with Gasteiger partial charge in [0.1, 0.15) is 0 Å². The Morgan fingerprint density at radius 2 is 2.07 bits per heavy atom. The van der Waals surface area contributed by atoms with Crippen LogP contribution in [0.5, 0.6) is 0 Å². The molecule has 3 rings (SSSR count). The molecule has 0 aliphatic heterocycles. The second-order valence-electron chi connectivity index (χ2n) is 5.11. The minimum atomic E-state index is -0.0335. The van der Waals surface area contributed by atoms with Gasteiger partial charge >= 0.3 is 0 Å². The lowest BCUT2D eigenvalue weighted by Crippen LogP contribution is -2.24. The minimum Gasteiger partial charge on any atom is -0.339 e. The van der Waals surface area contributed by atoms with E-state index in [1.807, 2.05) is 0 Å². The Balaban J connectivity index is 1.77. The van der Waals surface area contributed by atoms with E-state index in [1.54, 1.807) is 0 Å². The van der Waals surface area contributed by atoms with E-state index in [4.69, 9.17) is 10.3 Å². The third kappa shape index (κ3) is 1.34. The summed E-state index contributed by atoms with van der Waals surface area (Å²) >= 11 is 0. The molecule has 0 radical (unpaired) electrons. The van der Waals surface area contributed by atoms with Gasteiger partial charge in [-0.15, -0.1) is 0 Å². The van der Waals surface area contributed by atoms with Crippen LogP contribution in [0.1, 0.15) is 44.3 Å². The molecule has 2 aliphatic rings. The molecule has 0 atom stereocenters. The van der Waals surface area contributed by atoms with Gasteiger partial charge in [-0.2, -0.15) is 4.98 Å². The van der Waals surface area contributed by atoms with E-state index in [2.05, 4.69) is 17.1 Å². The zero-order valence-electron chi connectivity index (χ0n) is 8.42. The fourth-order valence-electron chi connectivity index (χ4n) is 1.62. The Bertz CT molecular complexity index is 363. The van der Waals surface area contributed by atoms with E-state index in [9.17, 15) is 0 Å². The highest BCUT2D eigenvalue weighted by Crippen LogP contribution is 2.46. The summed E-state index contributed by atoms with van der Waals surface area (Å²) in [7, 11) is 0. The van der Waals surface area contributed by atoms with Crippen LogP contribution >= 0.6 is 0 Å². The van der Waals surface area contributed by atoms with Crippen LogP contribution in [-0.4, -0.2) is 15.7 Å². The quantitative estimate of drug-likeness (QED) is 0.782. The number of nitrogens with zero attached hydrogens (tertiary/aromatic N) is 2. The Hall–Kier alpha value is -0.900. The predicted molar refractivity (Wildman–Crippen MR) is 50.7 cm³/mol. The SMILES string of the molecule is CC1(c2noc(CC3(N)CC3)n2)CC1. The van der Waals surface area contributed by atoms with Crippen molar-refractivity contribution in [1.82, 2.24) is 10.1 Å². The second-order valence-corrected chi connectivity index (χ2v) is 5.11. The highest BCUT2D eigenvalue weighted by atomic mass is 16.5. The number of rotatable bonds is 3. The molecular formula is C10H15N3O. The highest BCUT2D eigenvalue weighted by molar-refractivity contribution is 5.15. The molecule has 4 heteroatoms. The fourth-order valence-corrected chi connectivity index (χ4v) is 1.62. The average molecular weight is 193 g/mol. The summed E-state index contributed by atoms with van der Waals surface area (Å²) < 4.78 is 5.21. The van der Waals surface area contributed by atoms with Crippen LogP contribution in [0.3, 0.4) is 0 Å². The van der Waals surface area contributed by atoms with Crippen LogP contribution in [0.25, 0.3) is 0 Å². The first-order chi connectivity index (χ1) is 6.60. The third-order valence-electron chi connectivity index (χ3n) is 3.40. The normalized spacial score (nSPS) is 26.1. The molecule has 1 heterocycles. The molecule has 2 saturated carbocycles. The molecule has 1 aromatic rings. The lowest BCUT2D eigenvalue weighted by molar-refractivity contribution is 0.358. The maximum absolute atomic E-state index is 5.98. The Kier molecular flexibility index (Phi) is 1.42. The van der Waals surface area contributed by atoms with Gasteiger partial charge in [0, 0.05) is 17.4 Å². The van der Waals surface area contributed by atoms with Gasteiger partial charge in [0.05, 0.1) is 0 Å². The van der Waals surface area contributed by atoms with Crippen molar-refractivity contribution < 1.29 is 4.52 Å². The summed E-state index contributed by atoms with van der Waals surface area (Å²) in [5.74, 6) is 1.59. The molecule has 0 unspecified atom stereocenters. The zero-order chi connectivity index (χ0) is 9.81. The highest BCUT2D eigenvalue weighted by Gasteiger charge is 2.45. The van der Waals surface area contributed by atoms with E-state index >= 15 is 0 Å². The lowest BCUT2D eigenvalue weighted by Gasteiger charge is -2.02. The first-order valence-electron chi connectivity index (χ1n) is 5.22.